The van der Waals surface area contributed by atoms with Crippen molar-refractivity contribution in [1.82, 2.24) is 16.0 Å². The van der Waals surface area contributed by atoms with Crippen molar-refractivity contribution in [3.63, 3.8) is 0 Å². The fourth-order valence-electron chi connectivity index (χ4n) is 3.40. The molecule has 0 aromatic carbocycles. The first-order chi connectivity index (χ1) is 17.1. The quantitative estimate of drug-likeness (QED) is 0.0601. The third-order valence-electron chi connectivity index (χ3n) is 5.25. The topological polar surface area (TPSA) is 252 Å². The van der Waals surface area contributed by atoms with Gasteiger partial charge in [0.05, 0.1) is 6.04 Å². The van der Waals surface area contributed by atoms with Crippen molar-refractivity contribution in [3.8, 4) is 0 Å². The van der Waals surface area contributed by atoms with Gasteiger partial charge in [-0.05, 0) is 43.9 Å². The molecule has 0 aromatic rings. The molecule has 0 aliphatic heterocycles. The third kappa shape index (κ3) is 15.3. The van der Waals surface area contributed by atoms with E-state index in [2.05, 4.69) is 20.9 Å². The number of hydrogen-bond donors (Lipinski definition) is 8. The summed E-state index contributed by atoms with van der Waals surface area (Å²) in [6, 6.07) is -4.46. The number of aliphatic imine (C=N–C) groups is 1. The lowest BCUT2D eigenvalue weighted by molar-refractivity contribution is -0.143. The van der Waals surface area contributed by atoms with Crippen LogP contribution in [-0.4, -0.2) is 76.5 Å². The Morgan fingerprint density at radius 3 is 1.73 bits per heavy atom. The van der Waals surface area contributed by atoms with Crippen molar-refractivity contribution in [1.29, 1.82) is 0 Å². The molecule has 4 unspecified atom stereocenters. The highest BCUT2D eigenvalue weighted by molar-refractivity contribution is 5.94. The molecule has 11 N–H and O–H groups in total. The van der Waals surface area contributed by atoms with Gasteiger partial charge in [-0.15, -0.1) is 0 Å². The molecule has 14 nitrogen and oxygen atoms in total. The Kier molecular flexibility index (Phi) is 15.5. The van der Waals surface area contributed by atoms with Gasteiger partial charge < -0.3 is 43.4 Å². The maximum atomic E-state index is 13.1. The van der Waals surface area contributed by atoms with E-state index in [1.807, 2.05) is 27.7 Å². The van der Waals surface area contributed by atoms with Crippen LogP contribution in [0, 0.1) is 11.8 Å². The summed E-state index contributed by atoms with van der Waals surface area (Å²) < 4.78 is 0. The molecule has 0 spiro atoms. The van der Waals surface area contributed by atoms with E-state index in [9.17, 15) is 29.1 Å². The molecule has 0 aliphatic carbocycles. The number of carboxylic acid groups (broad SMARTS) is 2. The first-order valence-corrected chi connectivity index (χ1v) is 12.3. The van der Waals surface area contributed by atoms with Crippen molar-refractivity contribution in [2.75, 3.05) is 6.54 Å². The Hall–Kier alpha value is -3.42. The number of guanidine groups is 1. The fraction of sp³-hybridized carbons (Fsp3) is 0.739. The molecule has 0 saturated heterocycles. The highest BCUT2D eigenvalue weighted by Gasteiger charge is 2.30. The van der Waals surface area contributed by atoms with Gasteiger partial charge in [-0.3, -0.25) is 24.2 Å². The van der Waals surface area contributed by atoms with Crippen LogP contribution in [0.15, 0.2) is 4.99 Å². The number of rotatable bonds is 18. The summed E-state index contributed by atoms with van der Waals surface area (Å²) in [5.41, 5.74) is 16.4. The number of hydrogen-bond acceptors (Lipinski definition) is 7. The molecule has 3 amide bonds. The van der Waals surface area contributed by atoms with Crippen LogP contribution >= 0.6 is 0 Å². The second-order valence-electron chi connectivity index (χ2n) is 9.77. The van der Waals surface area contributed by atoms with Gasteiger partial charge in [0, 0.05) is 13.0 Å². The normalized spacial score (nSPS) is 14.2. The Morgan fingerprint density at radius 2 is 1.24 bits per heavy atom. The van der Waals surface area contributed by atoms with E-state index < -0.39 is 53.8 Å². The second kappa shape index (κ2) is 17.1. The van der Waals surface area contributed by atoms with Crippen molar-refractivity contribution in [2.45, 2.75) is 90.4 Å². The Labute approximate surface area is 217 Å². The fourth-order valence-corrected chi connectivity index (χ4v) is 3.40. The highest BCUT2D eigenvalue weighted by atomic mass is 16.4. The molecule has 0 aromatic heterocycles. The molecule has 37 heavy (non-hydrogen) atoms. The molecule has 4 atom stereocenters. The Balaban J connectivity index is 5.63. The first kappa shape index (κ1) is 33.6. The predicted molar refractivity (Wildman–Crippen MR) is 137 cm³/mol. The molecule has 0 radical (unpaired) electrons. The smallest absolute Gasteiger partial charge is 0.326 e. The van der Waals surface area contributed by atoms with E-state index in [4.69, 9.17) is 22.3 Å². The van der Waals surface area contributed by atoms with Gasteiger partial charge in [-0.2, -0.15) is 0 Å². The number of amides is 3. The van der Waals surface area contributed by atoms with Gasteiger partial charge in [0.15, 0.2) is 5.96 Å². The van der Waals surface area contributed by atoms with Crippen LogP contribution in [0.1, 0.15) is 66.2 Å². The first-order valence-electron chi connectivity index (χ1n) is 12.3. The molecule has 0 aliphatic rings. The zero-order valence-electron chi connectivity index (χ0n) is 22.0. The van der Waals surface area contributed by atoms with Gasteiger partial charge in [0.1, 0.15) is 18.1 Å². The van der Waals surface area contributed by atoms with Crippen molar-refractivity contribution in [3.05, 3.63) is 0 Å². The maximum absolute atomic E-state index is 13.1. The number of nitrogens with two attached hydrogens (primary N) is 3. The lowest BCUT2D eigenvalue weighted by atomic mass is 10.0. The number of nitrogens with zero attached hydrogens (tertiary/aromatic N) is 1. The SMILES string of the molecule is CC(C)CC(NC(=O)C(CCCN=C(N)N)NC(=O)C(CC(C)C)NC(=O)C(N)CCC(=O)O)C(=O)O. The van der Waals surface area contributed by atoms with Crippen molar-refractivity contribution >= 4 is 35.6 Å². The molecule has 14 heteroatoms. The van der Waals surface area contributed by atoms with Gasteiger partial charge in [0.2, 0.25) is 17.7 Å². The van der Waals surface area contributed by atoms with Gasteiger partial charge in [0.25, 0.3) is 0 Å². The third-order valence-corrected chi connectivity index (χ3v) is 5.25. The predicted octanol–water partition coefficient (Wildman–Crippen LogP) is -1.14. The lowest BCUT2D eigenvalue weighted by Gasteiger charge is -2.26. The average molecular weight is 530 g/mol. The molecular formula is C23H43N7O7. The molecular weight excluding hydrogens is 486 g/mol. The highest BCUT2D eigenvalue weighted by Crippen LogP contribution is 2.10. The number of nitrogens with one attached hydrogen (secondary N) is 3. The van der Waals surface area contributed by atoms with Crippen molar-refractivity contribution in [2.24, 2.45) is 34.0 Å². The summed E-state index contributed by atoms with van der Waals surface area (Å²) in [7, 11) is 0. The zero-order valence-corrected chi connectivity index (χ0v) is 22.0. The standard InChI is InChI=1S/C23H43N7O7/c1-12(2)10-16(29-19(33)14(24)7-8-18(31)32)21(35)28-15(6-5-9-27-23(25)26)20(34)30-17(22(36)37)11-13(3)4/h12-17H,5-11,24H2,1-4H3,(H,28,35)(H,29,33)(H,30,34)(H,31,32)(H,36,37)(H4,25,26,27). The van der Waals surface area contributed by atoms with Crippen LogP contribution < -0.4 is 33.2 Å². The van der Waals surface area contributed by atoms with Crippen LogP contribution in [0.3, 0.4) is 0 Å². The molecule has 0 saturated carbocycles. The Bertz CT molecular complexity index is 813. The van der Waals surface area contributed by atoms with Crippen molar-refractivity contribution < 1.29 is 34.2 Å². The van der Waals surface area contributed by atoms with Gasteiger partial charge in [-0.25, -0.2) is 4.79 Å². The van der Waals surface area contributed by atoms with Gasteiger partial charge >= 0.3 is 11.9 Å². The van der Waals surface area contributed by atoms with E-state index in [0.717, 1.165) is 0 Å². The van der Waals surface area contributed by atoms with E-state index in [1.54, 1.807) is 0 Å². The summed E-state index contributed by atoms with van der Waals surface area (Å²) in [5.74, 6) is -4.52. The monoisotopic (exact) mass is 529 g/mol. The summed E-state index contributed by atoms with van der Waals surface area (Å²) in [6.45, 7) is 7.48. The number of carboxylic acids is 2. The van der Waals surface area contributed by atoms with Crippen LogP contribution in [-0.2, 0) is 24.0 Å². The summed E-state index contributed by atoms with van der Waals surface area (Å²) >= 11 is 0. The number of carbonyl (C=O) groups is 5. The largest absolute Gasteiger partial charge is 0.481 e. The van der Waals surface area contributed by atoms with Crippen LogP contribution in [0.5, 0.6) is 0 Å². The van der Waals surface area contributed by atoms with Crippen LogP contribution in [0.25, 0.3) is 0 Å². The molecule has 0 heterocycles. The maximum Gasteiger partial charge on any atom is 0.326 e. The average Bonchev–Trinajstić information content (AvgIpc) is 2.77. The molecule has 212 valence electrons. The summed E-state index contributed by atoms with van der Waals surface area (Å²) in [5, 5.41) is 25.9. The van der Waals surface area contributed by atoms with Crippen LogP contribution in [0.2, 0.25) is 0 Å². The minimum atomic E-state index is -1.20. The van der Waals surface area contributed by atoms with E-state index in [1.165, 1.54) is 0 Å². The molecule has 0 rings (SSSR count). The van der Waals surface area contributed by atoms with Gasteiger partial charge in [-0.1, -0.05) is 27.7 Å². The summed E-state index contributed by atoms with van der Waals surface area (Å²) in [6.07, 6.45) is 0.392. The minimum Gasteiger partial charge on any atom is -0.481 e. The van der Waals surface area contributed by atoms with E-state index >= 15 is 0 Å². The minimum absolute atomic E-state index is 0.00715. The zero-order chi connectivity index (χ0) is 28.7. The van der Waals surface area contributed by atoms with E-state index in [-0.39, 0.29) is 56.4 Å². The lowest BCUT2D eigenvalue weighted by Crippen LogP contribution is -2.57. The Morgan fingerprint density at radius 1 is 0.757 bits per heavy atom. The number of aliphatic carboxylic acids is 2. The summed E-state index contributed by atoms with van der Waals surface area (Å²) in [4.78, 5) is 64.8. The van der Waals surface area contributed by atoms with Crippen LogP contribution in [0.4, 0.5) is 0 Å². The van der Waals surface area contributed by atoms with E-state index in [0.29, 0.717) is 6.42 Å². The second-order valence-corrected chi connectivity index (χ2v) is 9.77. The molecule has 0 fully saturated rings. The molecule has 0 bridgehead atoms. The number of carbonyl (C=O) groups excluding carboxylic acids is 3.